The number of aromatic nitrogens is 2. The summed E-state index contributed by atoms with van der Waals surface area (Å²) < 4.78 is 0.330. The summed E-state index contributed by atoms with van der Waals surface area (Å²) in [6, 6.07) is 8.71. The highest BCUT2D eigenvalue weighted by Gasteiger charge is 1.95. The number of nitrogens with one attached hydrogen (secondary N) is 1. The van der Waals surface area contributed by atoms with Crippen LogP contribution in [0.5, 0.6) is 5.75 Å². The Hall–Kier alpha value is -2.50. The van der Waals surface area contributed by atoms with Crippen LogP contribution >= 0.6 is 0 Å². The predicted molar refractivity (Wildman–Crippen MR) is 61.4 cm³/mol. The second-order valence-electron chi connectivity index (χ2n) is 3.25. The maximum Gasteiger partial charge on any atom is 0.361 e. The molecule has 0 saturated carbocycles. The summed E-state index contributed by atoms with van der Waals surface area (Å²) in [5.74, 6) is 0.322. The average Bonchev–Trinajstić information content (AvgIpc) is 2.28. The Morgan fingerprint density at radius 1 is 1.18 bits per heavy atom. The number of benzene rings is 1. The van der Waals surface area contributed by atoms with Gasteiger partial charge in [0, 0.05) is 5.56 Å². The van der Waals surface area contributed by atoms with Gasteiger partial charge in [0.2, 0.25) is 0 Å². The van der Waals surface area contributed by atoms with Crippen LogP contribution in [0.4, 0.5) is 0 Å². The van der Waals surface area contributed by atoms with Gasteiger partial charge < -0.3 is 10.3 Å². The summed E-state index contributed by atoms with van der Waals surface area (Å²) in [6.07, 6.45) is 1.06. The summed E-state index contributed by atoms with van der Waals surface area (Å²) in [6.45, 7) is 1.49. The van der Waals surface area contributed by atoms with E-state index < -0.39 is 11.2 Å². The molecule has 0 aliphatic heterocycles. The zero-order chi connectivity index (χ0) is 12.8. The fraction of sp³-hybridized carbons (Fsp3) is 0.0909. The van der Waals surface area contributed by atoms with Crippen molar-refractivity contribution in [2.24, 2.45) is 0 Å². The molecule has 17 heavy (non-hydrogen) atoms. The fourth-order valence-electron chi connectivity index (χ4n) is 0.982. The number of para-hydroxylation sites is 1. The van der Waals surface area contributed by atoms with Gasteiger partial charge in [0.05, 0.1) is 6.20 Å². The van der Waals surface area contributed by atoms with Crippen molar-refractivity contribution in [3.8, 4) is 5.75 Å². The Labute approximate surface area is 96.4 Å². The van der Waals surface area contributed by atoms with Crippen molar-refractivity contribution in [1.29, 1.82) is 0 Å². The van der Waals surface area contributed by atoms with E-state index in [-0.39, 0.29) is 0 Å². The molecule has 1 aromatic heterocycles. The second kappa shape index (κ2) is 5.55. The topological polar surface area (TPSA) is 95.3 Å². The third-order valence-corrected chi connectivity index (χ3v) is 1.86. The molecule has 0 spiro atoms. The van der Waals surface area contributed by atoms with Crippen LogP contribution in [0, 0.1) is 6.92 Å². The number of hydrogen-bond donors (Lipinski definition) is 3. The van der Waals surface area contributed by atoms with Gasteiger partial charge in [-0.25, -0.2) is 4.79 Å². The zero-order valence-corrected chi connectivity index (χ0v) is 9.12. The van der Waals surface area contributed by atoms with E-state index in [1.165, 1.54) is 6.92 Å². The molecule has 0 saturated heterocycles. The lowest BCUT2D eigenvalue weighted by atomic mass is 10.3. The van der Waals surface area contributed by atoms with Gasteiger partial charge in [-0.2, -0.15) is 0 Å². The first-order valence-electron chi connectivity index (χ1n) is 4.76. The zero-order valence-electron chi connectivity index (χ0n) is 9.12. The molecule has 6 heteroatoms. The molecule has 0 aliphatic rings. The molecule has 0 atom stereocenters. The van der Waals surface area contributed by atoms with Gasteiger partial charge in [-0.3, -0.25) is 9.78 Å². The SMILES string of the molecule is Cc1cn(O)c(=O)[nH]c1=O.Oc1ccccc1. The third kappa shape index (κ3) is 3.86. The molecule has 0 aliphatic carbocycles. The molecule has 3 N–H and O–H groups in total. The van der Waals surface area contributed by atoms with E-state index in [0.717, 1.165) is 6.20 Å². The van der Waals surface area contributed by atoms with Crippen molar-refractivity contribution in [2.45, 2.75) is 6.92 Å². The van der Waals surface area contributed by atoms with E-state index in [9.17, 15) is 9.59 Å². The van der Waals surface area contributed by atoms with E-state index in [0.29, 0.717) is 16.0 Å². The van der Waals surface area contributed by atoms with Crippen LogP contribution in [0.15, 0.2) is 46.1 Å². The van der Waals surface area contributed by atoms with E-state index in [2.05, 4.69) is 0 Å². The quantitative estimate of drug-likeness (QED) is 0.579. The van der Waals surface area contributed by atoms with Gasteiger partial charge in [-0.05, 0) is 19.1 Å². The van der Waals surface area contributed by atoms with Crippen molar-refractivity contribution < 1.29 is 10.3 Å². The number of aromatic hydroxyl groups is 1. The molecule has 2 rings (SSSR count). The number of phenolic OH excluding ortho intramolecular Hbond substituents is 1. The number of aromatic amines is 1. The molecule has 1 aromatic carbocycles. The van der Waals surface area contributed by atoms with Crippen LogP contribution in [-0.4, -0.2) is 20.0 Å². The van der Waals surface area contributed by atoms with Gasteiger partial charge in [-0.15, -0.1) is 4.73 Å². The van der Waals surface area contributed by atoms with Gasteiger partial charge in [0.15, 0.2) is 0 Å². The highest BCUT2D eigenvalue weighted by Crippen LogP contribution is 2.02. The highest BCUT2D eigenvalue weighted by molar-refractivity contribution is 5.18. The predicted octanol–water partition coefficient (Wildman–Crippen LogP) is 0.475. The van der Waals surface area contributed by atoms with E-state index in [4.69, 9.17) is 10.3 Å². The molecular weight excluding hydrogens is 224 g/mol. The molecule has 1 heterocycles. The van der Waals surface area contributed by atoms with Crippen LogP contribution in [0.3, 0.4) is 0 Å². The van der Waals surface area contributed by atoms with E-state index in [1.54, 1.807) is 24.3 Å². The van der Waals surface area contributed by atoms with Crippen molar-refractivity contribution in [3.63, 3.8) is 0 Å². The molecule has 0 amide bonds. The molecule has 0 unspecified atom stereocenters. The number of H-pyrrole nitrogens is 1. The van der Waals surface area contributed by atoms with Crippen molar-refractivity contribution in [3.05, 3.63) is 62.9 Å². The van der Waals surface area contributed by atoms with E-state index in [1.807, 2.05) is 11.1 Å². The number of hydrogen-bond acceptors (Lipinski definition) is 4. The Morgan fingerprint density at radius 3 is 2.18 bits per heavy atom. The normalized spacial score (nSPS) is 9.24. The van der Waals surface area contributed by atoms with Crippen molar-refractivity contribution >= 4 is 0 Å². The van der Waals surface area contributed by atoms with Gasteiger partial charge >= 0.3 is 5.69 Å². The standard InChI is InChI=1S/C6H6O.C5H6N2O3/c7-6-4-2-1-3-5-6;1-3-2-7(10)5(9)6-4(3)8/h1-5,7H;2,10H,1H3,(H,6,8,9). The summed E-state index contributed by atoms with van der Waals surface area (Å²) in [7, 11) is 0. The van der Waals surface area contributed by atoms with Crippen molar-refractivity contribution in [1.82, 2.24) is 9.71 Å². The number of phenols is 1. The summed E-state index contributed by atoms with van der Waals surface area (Å²) in [5, 5.41) is 17.3. The maximum atomic E-state index is 10.6. The molecule has 90 valence electrons. The minimum absolute atomic E-state index is 0.294. The Bertz CT molecular complexity index is 555. The lowest BCUT2D eigenvalue weighted by Crippen LogP contribution is -2.29. The summed E-state index contributed by atoms with van der Waals surface area (Å²) in [5.41, 5.74) is -1.01. The lowest BCUT2D eigenvalue weighted by Gasteiger charge is -1.93. The first-order valence-corrected chi connectivity index (χ1v) is 4.76. The monoisotopic (exact) mass is 236 g/mol. The first-order chi connectivity index (χ1) is 8.00. The third-order valence-electron chi connectivity index (χ3n) is 1.86. The van der Waals surface area contributed by atoms with Gasteiger partial charge in [0.1, 0.15) is 5.75 Å². The molecule has 0 radical (unpaired) electrons. The first kappa shape index (κ1) is 12.6. The fourth-order valence-corrected chi connectivity index (χ4v) is 0.982. The van der Waals surface area contributed by atoms with Gasteiger partial charge in [-0.1, -0.05) is 18.2 Å². The Kier molecular flexibility index (Phi) is 4.10. The smallest absolute Gasteiger partial charge is 0.361 e. The largest absolute Gasteiger partial charge is 0.508 e. The van der Waals surface area contributed by atoms with Crippen LogP contribution in [0.2, 0.25) is 0 Å². The highest BCUT2D eigenvalue weighted by atomic mass is 16.5. The Morgan fingerprint density at radius 2 is 1.76 bits per heavy atom. The minimum Gasteiger partial charge on any atom is -0.508 e. The maximum absolute atomic E-state index is 10.6. The molecule has 0 fully saturated rings. The summed E-state index contributed by atoms with van der Waals surface area (Å²) in [4.78, 5) is 23.0. The number of aryl methyl sites for hydroxylation is 1. The van der Waals surface area contributed by atoms with Gasteiger partial charge in [0.25, 0.3) is 5.56 Å². The van der Waals surface area contributed by atoms with Crippen molar-refractivity contribution in [2.75, 3.05) is 0 Å². The van der Waals surface area contributed by atoms with E-state index >= 15 is 0 Å². The molecule has 6 nitrogen and oxygen atoms in total. The number of nitrogens with zero attached hydrogens (tertiary/aromatic N) is 1. The minimum atomic E-state index is -0.824. The Balaban J connectivity index is 0.000000181. The number of rotatable bonds is 0. The second-order valence-corrected chi connectivity index (χ2v) is 3.25. The molecule has 2 aromatic rings. The summed E-state index contributed by atoms with van der Waals surface area (Å²) >= 11 is 0. The molecule has 0 bridgehead atoms. The van der Waals surface area contributed by atoms with Crippen LogP contribution in [0.1, 0.15) is 5.56 Å². The van der Waals surface area contributed by atoms with Crippen LogP contribution < -0.4 is 11.2 Å². The van der Waals surface area contributed by atoms with Crippen LogP contribution in [0.25, 0.3) is 0 Å². The lowest BCUT2D eigenvalue weighted by molar-refractivity contribution is 0.169. The average molecular weight is 236 g/mol. The van der Waals surface area contributed by atoms with Crippen LogP contribution in [-0.2, 0) is 0 Å². The molecular formula is C11H12N2O4.